The van der Waals surface area contributed by atoms with Crippen molar-refractivity contribution in [3.05, 3.63) is 35.9 Å². The van der Waals surface area contributed by atoms with Crippen LogP contribution in [0.5, 0.6) is 0 Å². The molecule has 1 saturated heterocycles. The lowest BCUT2D eigenvalue weighted by Crippen LogP contribution is -2.46. The highest BCUT2D eigenvalue weighted by atomic mass is 16.4. The summed E-state index contributed by atoms with van der Waals surface area (Å²) in [5.74, 6) is -1.04. The smallest absolute Gasteiger partial charge is 0.314 e. The molecule has 1 atom stereocenters. The Labute approximate surface area is 125 Å². The largest absolute Gasteiger partial charge is 0.481 e. The van der Waals surface area contributed by atoms with E-state index >= 15 is 0 Å². The van der Waals surface area contributed by atoms with E-state index in [4.69, 9.17) is 0 Å². The molecule has 1 heterocycles. The van der Waals surface area contributed by atoms with E-state index in [1.54, 1.807) is 31.2 Å². The van der Waals surface area contributed by atoms with Crippen LogP contribution < -0.4 is 0 Å². The number of amides is 1. The molecule has 1 unspecified atom stereocenters. The number of hydrogen-bond donors (Lipinski definition) is 1. The van der Waals surface area contributed by atoms with E-state index in [0.29, 0.717) is 5.56 Å². The molecule has 0 radical (unpaired) electrons. The molecule has 114 valence electrons. The Hall–Kier alpha value is -1.84. The second-order valence-electron chi connectivity index (χ2n) is 6.64. The van der Waals surface area contributed by atoms with Gasteiger partial charge >= 0.3 is 5.97 Å². The van der Waals surface area contributed by atoms with Crippen molar-refractivity contribution < 1.29 is 14.7 Å². The number of carboxylic acids is 1. The SMILES string of the molecule is CC(CC(=O)N1CCCC1(C)C)(C(=O)O)c1ccccc1. The predicted octanol–water partition coefficient (Wildman–Crippen LogP) is 2.82. The molecule has 1 fully saturated rings. The summed E-state index contributed by atoms with van der Waals surface area (Å²) in [6, 6.07) is 9.01. The van der Waals surface area contributed by atoms with Crippen LogP contribution in [0.2, 0.25) is 0 Å². The van der Waals surface area contributed by atoms with Gasteiger partial charge in [0.05, 0.1) is 5.41 Å². The Bertz CT molecular complexity index is 538. The van der Waals surface area contributed by atoms with Crippen molar-refractivity contribution >= 4 is 11.9 Å². The standard InChI is InChI=1S/C17H23NO3/c1-16(2)10-7-11-18(16)14(19)12-17(3,15(20)21)13-8-5-4-6-9-13/h4-6,8-9H,7,10-12H2,1-3H3,(H,20,21). The van der Waals surface area contributed by atoms with Crippen LogP contribution in [0.4, 0.5) is 0 Å². The Morgan fingerprint density at radius 2 is 1.90 bits per heavy atom. The van der Waals surface area contributed by atoms with E-state index in [-0.39, 0.29) is 17.9 Å². The zero-order valence-corrected chi connectivity index (χ0v) is 12.9. The molecular weight excluding hydrogens is 266 g/mol. The van der Waals surface area contributed by atoms with Gasteiger partial charge < -0.3 is 10.0 Å². The van der Waals surface area contributed by atoms with Gasteiger partial charge in [-0.1, -0.05) is 30.3 Å². The summed E-state index contributed by atoms with van der Waals surface area (Å²) in [6.45, 7) is 6.43. The first-order valence-electron chi connectivity index (χ1n) is 7.37. The normalized spacial score (nSPS) is 20.0. The molecule has 1 aliphatic rings. The fraction of sp³-hybridized carbons (Fsp3) is 0.529. The van der Waals surface area contributed by atoms with Crippen LogP contribution in [0.25, 0.3) is 0 Å². The number of benzene rings is 1. The lowest BCUT2D eigenvalue weighted by Gasteiger charge is -2.34. The molecular formula is C17H23NO3. The van der Waals surface area contributed by atoms with Gasteiger partial charge in [-0.05, 0) is 39.2 Å². The summed E-state index contributed by atoms with van der Waals surface area (Å²) in [5, 5.41) is 9.64. The van der Waals surface area contributed by atoms with Crippen molar-refractivity contribution in [2.24, 2.45) is 0 Å². The molecule has 1 amide bonds. The van der Waals surface area contributed by atoms with E-state index in [2.05, 4.69) is 0 Å². The van der Waals surface area contributed by atoms with Crippen LogP contribution >= 0.6 is 0 Å². The first-order chi connectivity index (χ1) is 9.77. The average Bonchev–Trinajstić information content (AvgIpc) is 2.79. The number of aliphatic carboxylic acids is 1. The van der Waals surface area contributed by atoms with Crippen molar-refractivity contribution in [2.75, 3.05) is 6.54 Å². The number of nitrogens with zero attached hydrogens (tertiary/aromatic N) is 1. The third-order valence-electron chi connectivity index (χ3n) is 4.59. The fourth-order valence-corrected chi connectivity index (χ4v) is 3.07. The number of carboxylic acid groups (broad SMARTS) is 1. The minimum Gasteiger partial charge on any atom is -0.481 e. The molecule has 21 heavy (non-hydrogen) atoms. The zero-order chi connectivity index (χ0) is 15.7. The molecule has 1 aromatic carbocycles. The third kappa shape index (κ3) is 2.94. The fourth-order valence-electron chi connectivity index (χ4n) is 3.07. The second kappa shape index (κ2) is 5.51. The Morgan fingerprint density at radius 3 is 2.38 bits per heavy atom. The molecule has 0 spiro atoms. The minimum absolute atomic E-state index is 0.00419. The molecule has 0 saturated carbocycles. The Balaban J connectivity index is 2.25. The molecule has 0 aliphatic carbocycles. The van der Waals surface area contributed by atoms with Crippen molar-refractivity contribution in [1.29, 1.82) is 0 Å². The van der Waals surface area contributed by atoms with Gasteiger partial charge in [-0.15, -0.1) is 0 Å². The zero-order valence-electron chi connectivity index (χ0n) is 12.9. The molecule has 1 N–H and O–H groups in total. The van der Waals surface area contributed by atoms with E-state index in [0.717, 1.165) is 19.4 Å². The van der Waals surface area contributed by atoms with Crippen LogP contribution in [0.15, 0.2) is 30.3 Å². The number of hydrogen-bond acceptors (Lipinski definition) is 2. The van der Waals surface area contributed by atoms with Crippen molar-refractivity contribution in [2.45, 2.75) is 51.0 Å². The van der Waals surface area contributed by atoms with Crippen LogP contribution in [-0.2, 0) is 15.0 Å². The topological polar surface area (TPSA) is 57.6 Å². The van der Waals surface area contributed by atoms with Crippen molar-refractivity contribution in [3.63, 3.8) is 0 Å². The summed E-state index contributed by atoms with van der Waals surface area (Å²) in [4.78, 5) is 26.2. The summed E-state index contributed by atoms with van der Waals surface area (Å²) < 4.78 is 0. The van der Waals surface area contributed by atoms with Crippen LogP contribution in [-0.4, -0.2) is 34.0 Å². The predicted molar refractivity (Wildman–Crippen MR) is 81.1 cm³/mol. The van der Waals surface area contributed by atoms with E-state index < -0.39 is 11.4 Å². The quantitative estimate of drug-likeness (QED) is 0.927. The highest BCUT2D eigenvalue weighted by Gasteiger charge is 2.42. The van der Waals surface area contributed by atoms with Gasteiger partial charge in [0.15, 0.2) is 0 Å². The van der Waals surface area contributed by atoms with Crippen LogP contribution in [0.3, 0.4) is 0 Å². The molecule has 1 aliphatic heterocycles. The summed E-state index contributed by atoms with van der Waals surface area (Å²) in [5.41, 5.74) is -0.688. The average molecular weight is 289 g/mol. The lowest BCUT2D eigenvalue weighted by molar-refractivity contribution is -0.148. The highest BCUT2D eigenvalue weighted by Crippen LogP contribution is 2.33. The van der Waals surface area contributed by atoms with Crippen LogP contribution in [0.1, 0.15) is 45.6 Å². The first kappa shape index (κ1) is 15.5. The minimum atomic E-state index is -1.18. The van der Waals surface area contributed by atoms with Gasteiger partial charge in [0.25, 0.3) is 0 Å². The summed E-state index contributed by atoms with van der Waals surface area (Å²) in [6.07, 6.45) is 1.94. The monoisotopic (exact) mass is 289 g/mol. The summed E-state index contributed by atoms with van der Waals surface area (Å²) >= 11 is 0. The van der Waals surface area contributed by atoms with Gasteiger partial charge in [0, 0.05) is 18.5 Å². The van der Waals surface area contributed by atoms with Crippen molar-refractivity contribution in [1.82, 2.24) is 4.90 Å². The Kier molecular flexibility index (Phi) is 4.08. The van der Waals surface area contributed by atoms with Gasteiger partial charge in [-0.3, -0.25) is 9.59 Å². The second-order valence-corrected chi connectivity index (χ2v) is 6.64. The maximum absolute atomic E-state index is 12.6. The first-order valence-corrected chi connectivity index (χ1v) is 7.37. The molecule has 4 heteroatoms. The molecule has 4 nitrogen and oxygen atoms in total. The molecule has 0 aromatic heterocycles. The van der Waals surface area contributed by atoms with E-state index in [9.17, 15) is 14.7 Å². The number of carbonyl (C=O) groups excluding carboxylic acids is 1. The molecule has 2 rings (SSSR count). The molecule has 1 aromatic rings. The number of carbonyl (C=O) groups is 2. The maximum Gasteiger partial charge on any atom is 0.314 e. The van der Waals surface area contributed by atoms with Crippen LogP contribution in [0, 0.1) is 0 Å². The van der Waals surface area contributed by atoms with Gasteiger partial charge in [-0.2, -0.15) is 0 Å². The highest BCUT2D eigenvalue weighted by molar-refractivity contribution is 5.89. The van der Waals surface area contributed by atoms with E-state index in [1.807, 2.05) is 24.8 Å². The lowest BCUT2D eigenvalue weighted by atomic mass is 9.79. The summed E-state index contributed by atoms with van der Waals surface area (Å²) in [7, 11) is 0. The van der Waals surface area contributed by atoms with Crippen molar-refractivity contribution in [3.8, 4) is 0 Å². The van der Waals surface area contributed by atoms with Gasteiger partial charge in [0.2, 0.25) is 5.91 Å². The number of rotatable bonds is 4. The van der Waals surface area contributed by atoms with Gasteiger partial charge in [0.1, 0.15) is 0 Å². The van der Waals surface area contributed by atoms with E-state index in [1.165, 1.54) is 0 Å². The maximum atomic E-state index is 12.6. The third-order valence-corrected chi connectivity index (χ3v) is 4.59. The Morgan fingerprint density at radius 1 is 1.29 bits per heavy atom. The van der Waals surface area contributed by atoms with Gasteiger partial charge in [-0.25, -0.2) is 0 Å². The number of likely N-dealkylation sites (tertiary alicyclic amines) is 1. The molecule has 0 bridgehead atoms.